The summed E-state index contributed by atoms with van der Waals surface area (Å²) in [6, 6.07) is 24.2. The molecule has 180 valence electrons. The number of fused-ring (bicyclic) bond motifs is 1. The van der Waals surface area contributed by atoms with Crippen LogP contribution in [0.3, 0.4) is 0 Å². The van der Waals surface area contributed by atoms with Crippen LogP contribution in [0.15, 0.2) is 102 Å². The molecule has 0 saturated heterocycles. The van der Waals surface area contributed by atoms with Gasteiger partial charge in [0.1, 0.15) is 29.7 Å². The van der Waals surface area contributed by atoms with Crippen LogP contribution in [0, 0.1) is 5.82 Å². The van der Waals surface area contributed by atoms with Gasteiger partial charge in [0.05, 0.1) is 18.3 Å². The molecule has 0 bridgehead atoms. The molecule has 0 radical (unpaired) electrons. The molecule has 0 aliphatic heterocycles. The average Bonchev–Trinajstić information content (AvgIpc) is 3.56. The molecule has 5 rings (SSSR count). The van der Waals surface area contributed by atoms with Crippen LogP contribution in [0.5, 0.6) is 0 Å². The smallest absolute Gasteiger partial charge is 0.251 e. The van der Waals surface area contributed by atoms with E-state index in [1.165, 1.54) is 40.1 Å². The van der Waals surface area contributed by atoms with E-state index in [-0.39, 0.29) is 19.0 Å². The summed E-state index contributed by atoms with van der Waals surface area (Å²) in [5.41, 5.74) is 2.39. The Labute approximate surface area is 205 Å². The zero-order valence-corrected chi connectivity index (χ0v) is 19.1. The number of aromatic nitrogens is 3. The first kappa shape index (κ1) is 23.0. The van der Waals surface area contributed by atoms with Crippen LogP contribution in [-0.2, 0) is 22.7 Å². The molecule has 36 heavy (non-hydrogen) atoms. The molecule has 2 heterocycles. The Morgan fingerprint density at radius 2 is 1.69 bits per heavy atom. The van der Waals surface area contributed by atoms with Crippen molar-refractivity contribution in [2.75, 3.05) is 5.32 Å². The Morgan fingerprint density at radius 3 is 2.44 bits per heavy atom. The molecule has 0 unspecified atom stereocenters. The van der Waals surface area contributed by atoms with E-state index in [9.17, 15) is 14.0 Å². The number of amides is 2. The lowest BCUT2D eigenvalue weighted by atomic mass is 10.0. The summed E-state index contributed by atoms with van der Waals surface area (Å²) >= 11 is 0. The van der Waals surface area contributed by atoms with Gasteiger partial charge in [-0.15, -0.1) is 5.10 Å². The number of carbonyl (C=O) groups is 2. The second-order valence-corrected chi connectivity index (χ2v) is 8.15. The number of carbonyl (C=O) groups excluding carboxylic acids is 2. The third-order valence-electron chi connectivity index (χ3n) is 5.72. The maximum Gasteiger partial charge on any atom is 0.251 e. The van der Waals surface area contributed by atoms with Crippen LogP contribution >= 0.6 is 0 Å². The maximum atomic E-state index is 13.8. The lowest BCUT2D eigenvalue weighted by molar-refractivity contribution is -0.140. The topological polar surface area (TPSA) is 93.3 Å². The zero-order chi connectivity index (χ0) is 24.9. The van der Waals surface area contributed by atoms with Gasteiger partial charge >= 0.3 is 0 Å². The van der Waals surface area contributed by atoms with Crippen molar-refractivity contribution in [2.24, 2.45) is 0 Å². The van der Waals surface area contributed by atoms with E-state index in [4.69, 9.17) is 4.42 Å². The van der Waals surface area contributed by atoms with Gasteiger partial charge < -0.3 is 14.6 Å². The fourth-order valence-corrected chi connectivity index (χ4v) is 4.00. The van der Waals surface area contributed by atoms with E-state index in [0.29, 0.717) is 28.0 Å². The van der Waals surface area contributed by atoms with Crippen LogP contribution in [0.4, 0.5) is 10.1 Å². The number of rotatable bonds is 8. The van der Waals surface area contributed by atoms with Crippen LogP contribution in [0.2, 0.25) is 0 Å². The highest BCUT2D eigenvalue weighted by Crippen LogP contribution is 2.26. The molecule has 8 nitrogen and oxygen atoms in total. The fraction of sp³-hybridized carbons (Fsp3) is 0.111. The van der Waals surface area contributed by atoms with E-state index in [0.717, 1.165) is 0 Å². The van der Waals surface area contributed by atoms with Gasteiger partial charge in [-0.1, -0.05) is 47.7 Å². The van der Waals surface area contributed by atoms with Crippen LogP contribution in [0.1, 0.15) is 17.4 Å². The number of halogens is 1. The number of benzene rings is 3. The first-order valence-electron chi connectivity index (χ1n) is 11.3. The monoisotopic (exact) mass is 483 g/mol. The van der Waals surface area contributed by atoms with Crippen molar-refractivity contribution in [3.05, 3.63) is 114 Å². The molecule has 0 aliphatic rings. The van der Waals surface area contributed by atoms with Crippen molar-refractivity contribution in [1.29, 1.82) is 0 Å². The minimum Gasteiger partial charge on any atom is -0.467 e. The van der Waals surface area contributed by atoms with Gasteiger partial charge in [0.25, 0.3) is 5.91 Å². The van der Waals surface area contributed by atoms with Gasteiger partial charge in [-0.25, -0.2) is 9.07 Å². The number of furan rings is 1. The lowest BCUT2D eigenvalue weighted by Crippen LogP contribution is -2.42. The summed E-state index contributed by atoms with van der Waals surface area (Å²) in [6.07, 6.45) is 1.51. The molecule has 3 aromatic carbocycles. The summed E-state index contributed by atoms with van der Waals surface area (Å²) in [5, 5.41) is 11.1. The predicted octanol–water partition coefficient (Wildman–Crippen LogP) is 4.57. The number of nitrogens with zero attached hydrogens (tertiary/aromatic N) is 4. The van der Waals surface area contributed by atoms with Crippen molar-refractivity contribution in [2.45, 2.75) is 19.1 Å². The summed E-state index contributed by atoms with van der Waals surface area (Å²) in [7, 11) is 0. The minimum absolute atomic E-state index is 0.0505. The molecule has 5 aromatic rings. The van der Waals surface area contributed by atoms with Crippen molar-refractivity contribution >= 4 is 28.5 Å². The lowest BCUT2D eigenvalue weighted by Gasteiger charge is -2.31. The summed E-state index contributed by atoms with van der Waals surface area (Å²) < 4.78 is 20.4. The summed E-state index contributed by atoms with van der Waals surface area (Å²) in [6.45, 7) is -0.0801. The van der Waals surface area contributed by atoms with Crippen molar-refractivity contribution < 1.29 is 18.4 Å². The molecule has 1 N–H and O–H groups in total. The second kappa shape index (κ2) is 10.2. The quantitative estimate of drug-likeness (QED) is 0.349. The van der Waals surface area contributed by atoms with Gasteiger partial charge in [-0.05, 0) is 54.1 Å². The Balaban J connectivity index is 1.51. The average molecular weight is 484 g/mol. The normalized spacial score (nSPS) is 11.8. The number of hydrogen-bond donors (Lipinski definition) is 1. The van der Waals surface area contributed by atoms with E-state index < -0.39 is 17.8 Å². The summed E-state index contributed by atoms with van der Waals surface area (Å²) in [5.74, 6) is -0.703. The molecule has 2 amide bonds. The Kier molecular flexibility index (Phi) is 6.53. The fourth-order valence-electron chi connectivity index (χ4n) is 4.00. The zero-order valence-electron chi connectivity index (χ0n) is 19.1. The van der Waals surface area contributed by atoms with E-state index >= 15 is 0 Å². The molecule has 0 spiro atoms. The third-order valence-corrected chi connectivity index (χ3v) is 5.72. The highest BCUT2D eigenvalue weighted by atomic mass is 19.1. The van der Waals surface area contributed by atoms with Gasteiger partial charge in [-0.3, -0.25) is 9.59 Å². The van der Waals surface area contributed by atoms with Crippen molar-refractivity contribution in [3.8, 4) is 0 Å². The molecule has 1 atom stereocenters. The number of nitrogens with one attached hydrogen (secondary N) is 1. The Hall–Kier alpha value is -4.79. The van der Waals surface area contributed by atoms with Gasteiger partial charge in [0.2, 0.25) is 5.91 Å². The molecule has 0 saturated carbocycles. The first-order valence-corrected chi connectivity index (χ1v) is 11.3. The molecule has 0 aliphatic carbocycles. The third kappa shape index (κ3) is 5.00. The summed E-state index contributed by atoms with van der Waals surface area (Å²) in [4.78, 5) is 28.8. The number of anilines is 1. The molecule has 2 aromatic heterocycles. The number of hydrogen-bond acceptors (Lipinski definition) is 5. The van der Waals surface area contributed by atoms with Gasteiger partial charge in [0.15, 0.2) is 0 Å². The Morgan fingerprint density at radius 1 is 0.944 bits per heavy atom. The van der Waals surface area contributed by atoms with Gasteiger partial charge in [0, 0.05) is 5.69 Å². The molecular formula is C27H22FN5O3. The highest BCUT2D eigenvalue weighted by Gasteiger charge is 2.32. The minimum atomic E-state index is -0.997. The molecule has 9 heteroatoms. The van der Waals surface area contributed by atoms with Crippen LogP contribution in [0.25, 0.3) is 11.0 Å². The first-order chi connectivity index (χ1) is 17.6. The number of para-hydroxylation sites is 1. The second-order valence-electron chi connectivity index (χ2n) is 8.15. The van der Waals surface area contributed by atoms with Crippen molar-refractivity contribution in [1.82, 2.24) is 19.9 Å². The predicted molar refractivity (Wildman–Crippen MR) is 131 cm³/mol. The molecule has 0 fully saturated rings. The Bertz CT molecular complexity index is 1470. The van der Waals surface area contributed by atoms with E-state index in [1.807, 2.05) is 30.3 Å². The molecular weight excluding hydrogens is 461 g/mol. The standard InChI is InChI=1S/C27H22FN5O3/c28-20-12-14-21(15-13-20)29-27(35)26(19-7-2-1-3-8-19)32(17-22-9-6-16-36-22)25(34)18-33-24-11-5-4-10-23(24)30-31-33/h1-16,26H,17-18H2,(H,29,35)/t26-/m1/s1. The van der Waals surface area contributed by atoms with Crippen LogP contribution in [-0.4, -0.2) is 31.7 Å². The van der Waals surface area contributed by atoms with Crippen molar-refractivity contribution in [3.63, 3.8) is 0 Å². The maximum absolute atomic E-state index is 13.8. The largest absolute Gasteiger partial charge is 0.467 e. The van der Waals surface area contributed by atoms with Gasteiger partial charge in [-0.2, -0.15) is 0 Å². The van der Waals surface area contributed by atoms with E-state index in [1.54, 1.807) is 36.4 Å². The van der Waals surface area contributed by atoms with Crippen LogP contribution < -0.4 is 5.32 Å². The van der Waals surface area contributed by atoms with E-state index in [2.05, 4.69) is 15.6 Å². The SMILES string of the molecule is O=C(Nc1ccc(F)cc1)[C@@H](c1ccccc1)N(Cc1ccco1)C(=O)Cn1nnc2ccccc21. The highest BCUT2D eigenvalue weighted by molar-refractivity contribution is 5.98.